The molecule has 0 fully saturated rings. The highest BCUT2D eigenvalue weighted by atomic mass is 16.5. The molecule has 0 aliphatic carbocycles. The molecule has 5 heteroatoms. The van der Waals surface area contributed by atoms with Crippen molar-refractivity contribution in [3.63, 3.8) is 0 Å². The lowest BCUT2D eigenvalue weighted by molar-refractivity contribution is -0.698. The van der Waals surface area contributed by atoms with E-state index in [-0.39, 0.29) is 5.56 Å². The van der Waals surface area contributed by atoms with Crippen LogP contribution in [0.5, 0.6) is 5.75 Å². The van der Waals surface area contributed by atoms with Crippen molar-refractivity contribution in [3.05, 3.63) is 71.5 Å². The predicted octanol–water partition coefficient (Wildman–Crippen LogP) is 2.83. The van der Waals surface area contributed by atoms with Crippen LogP contribution in [0.3, 0.4) is 0 Å². The molecule has 2 aromatic heterocycles. The molecule has 4 rings (SSSR count). The van der Waals surface area contributed by atoms with Crippen molar-refractivity contribution in [2.24, 2.45) is 0 Å². The maximum Gasteiger partial charge on any atom is 0.202 e. The number of aryl methyl sites for hydroxylation is 2. The van der Waals surface area contributed by atoms with Crippen LogP contribution in [-0.4, -0.2) is 17.6 Å². The monoisotopic (exact) mass is 374 g/mol. The molecule has 28 heavy (non-hydrogen) atoms. The number of aromatic nitrogens is 2. The minimum absolute atomic E-state index is 0.188. The van der Waals surface area contributed by atoms with Gasteiger partial charge in [0.1, 0.15) is 17.8 Å². The van der Waals surface area contributed by atoms with Gasteiger partial charge in [-0.25, -0.2) is 4.57 Å². The van der Waals surface area contributed by atoms with Gasteiger partial charge in [0.25, 0.3) is 0 Å². The third kappa shape index (κ3) is 2.89. The van der Waals surface area contributed by atoms with E-state index in [1.165, 1.54) is 22.0 Å². The van der Waals surface area contributed by atoms with Crippen LogP contribution in [-0.2, 0) is 13.1 Å². The van der Waals surface area contributed by atoms with Gasteiger partial charge in [0.05, 0.1) is 18.6 Å². The van der Waals surface area contributed by atoms with Crippen molar-refractivity contribution in [1.82, 2.24) is 4.57 Å². The molecule has 0 spiro atoms. The molecule has 0 unspecified atom stereocenters. The van der Waals surface area contributed by atoms with Gasteiger partial charge in [-0.15, -0.1) is 0 Å². The number of carboxylic acid groups (broad SMARTS) is 1. The average Bonchev–Trinajstić information content (AvgIpc) is 3.02. The maximum absolute atomic E-state index is 11.0. The van der Waals surface area contributed by atoms with Crippen LogP contribution in [0.15, 0.2) is 54.7 Å². The van der Waals surface area contributed by atoms with Gasteiger partial charge in [-0.1, -0.05) is 24.3 Å². The highest BCUT2D eigenvalue weighted by Crippen LogP contribution is 2.33. The summed E-state index contributed by atoms with van der Waals surface area (Å²) in [5.41, 5.74) is 4.68. The van der Waals surface area contributed by atoms with Crippen molar-refractivity contribution in [2.45, 2.75) is 26.9 Å². The Bertz CT molecular complexity index is 1190. The highest BCUT2D eigenvalue weighted by molar-refractivity contribution is 6.08. The Labute approximate surface area is 163 Å². The van der Waals surface area contributed by atoms with Gasteiger partial charge in [-0.2, -0.15) is 0 Å². The fourth-order valence-corrected chi connectivity index (χ4v) is 3.89. The number of carbonyl (C=O) groups excluding carboxylic acids is 1. The second-order valence-electron chi connectivity index (χ2n) is 6.90. The summed E-state index contributed by atoms with van der Waals surface area (Å²) < 4.78 is 9.96. The summed E-state index contributed by atoms with van der Waals surface area (Å²) in [5, 5.41) is 13.4. The Hall–Kier alpha value is -3.34. The van der Waals surface area contributed by atoms with E-state index in [2.05, 4.69) is 47.4 Å². The largest absolute Gasteiger partial charge is 0.545 e. The Morgan fingerprint density at radius 2 is 1.86 bits per heavy atom. The third-order valence-electron chi connectivity index (χ3n) is 5.38. The lowest BCUT2D eigenvalue weighted by atomic mass is 10.1. The van der Waals surface area contributed by atoms with E-state index >= 15 is 0 Å². The first kappa shape index (κ1) is 18.0. The van der Waals surface area contributed by atoms with E-state index in [1.54, 1.807) is 19.2 Å². The van der Waals surface area contributed by atoms with Crippen LogP contribution in [0.1, 0.15) is 28.5 Å². The van der Waals surface area contributed by atoms with Crippen molar-refractivity contribution in [1.29, 1.82) is 0 Å². The first-order valence-electron chi connectivity index (χ1n) is 9.32. The van der Waals surface area contributed by atoms with Crippen molar-refractivity contribution >= 4 is 27.8 Å². The zero-order valence-corrected chi connectivity index (χ0v) is 16.2. The van der Waals surface area contributed by atoms with E-state index in [0.29, 0.717) is 6.54 Å². The molecule has 0 saturated heterocycles. The van der Waals surface area contributed by atoms with Crippen molar-refractivity contribution < 1.29 is 19.2 Å². The van der Waals surface area contributed by atoms with E-state index in [1.807, 2.05) is 18.2 Å². The molecule has 0 bridgehead atoms. The molecule has 2 aromatic carbocycles. The summed E-state index contributed by atoms with van der Waals surface area (Å²) in [5.74, 6) is -0.349. The van der Waals surface area contributed by atoms with Gasteiger partial charge in [0.2, 0.25) is 5.69 Å². The quantitative estimate of drug-likeness (QED) is 0.505. The summed E-state index contributed by atoms with van der Waals surface area (Å²) in [4.78, 5) is 11.0. The number of carbonyl (C=O) groups is 1. The second kappa shape index (κ2) is 7.00. The number of carboxylic acids is 1. The Kier molecular flexibility index (Phi) is 4.51. The van der Waals surface area contributed by atoms with Crippen LogP contribution in [0.4, 0.5) is 0 Å². The van der Waals surface area contributed by atoms with Gasteiger partial charge in [-0.3, -0.25) is 0 Å². The molecule has 5 nitrogen and oxygen atoms in total. The number of benzene rings is 2. The van der Waals surface area contributed by atoms with E-state index in [9.17, 15) is 9.90 Å². The molecule has 0 radical (unpaired) electrons. The van der Waals surface area contributed by atoms with Gasteiger partial charge < -0.3 is 19.2 Å². The Balaban J connectivity index is 1.96. The number of pyridine rings is 1. The molecular weight excluding hydrogens is 352 g/mol. The summed E-state index contributed by atoms with van der Waals surface area (Å²) in [7, 11) is 1.67. The zero-order chi connectivity index (χ0) is 19.8. The van der Waals surface area contributed by atoms with Crippen LogP contribution < -0.4 is 14.4 Å². The fourth-order valence-electron chi connectivity index (χ4n) is 3.89. The lowest BCUT2D eigenvalue weighted by Gasteiger charge is -2.10. The van der Waals surface area contributed by atoms with E-state index in [0.717, 1.165) is 23.4 Å². The molecule has 0 N–H and O–H groups in total. The topological polar surface area (TPSA) is 58.2 Å². The van der Waals surface area contributed by atoms with Gasteiger partial charge in [0.15, 0.2) is 6.20 Å². The summed E-state index contributed by atoms with van der Waals surface area (Å²) in [6.45, 7) is 5.80. The first-order chi connectivity index (χ1) is 13.5. The summed E-state index contributed by atoms with van der Waals surface area (Å²) >= 11 is 0. The van der Waals surface area contributed by atoms with Crippen LogP contribution in [0.2, 0.25) is 0 Å². The van der Waals surface area contributed by atoms with E-state index < -0.39 is 5.97 Å². The van der Waals surface area contributed by atoms with Gasteiger partial charge >= 0.3 is 0 Å². The third-order valence-corrected chi connectivity index (χ3v) is 5.38. The molecule has 2 heterocycles. The van der Waals surface area contributed by atoms with Crippen molar-refractivity contribution in [3.8, 4) is 5.75 Å². The Morgan fingerprint density at radius 1 is 1.11 bits per heavy atom. The fraction of sp³-hybridized carbons (Fsp3) is 0.217. The smallest absolute Gasteiger partial charge is 0.202 e. The molecule has 0 saturated carbocycles. The number of methoxy groups -OCH3 is 1. The number of nitrogens with zero attached hydrogens (tertiary/aromatic N) is 2. The molecule has 0 amide bonds. The lowest BCUT2D eigenvalue weighted by Crippen LogP contribution is -2.35. The number of ether oxygens (including phenoxy) is 1. The minimum Gasteiger partial charge on any atom is -0.545 e. The number of hydrogen-bond donors (Lipinski definition) is 0. The summed E-state index contributed by atoms with van der Waals surface area (Å²) in [6, 6.07) is 15.2. The number of rotatable bonds is 5. The number of aromatic carboxylic acids is 1. The number of hydrogen-bond acceptors (Lipinski definition) is 3. The highest BCUT2D eigenvalue weighted by Gasteiger charge is 2.19. The molecule has 0 atom stereocenters. The normalized spacial score (nSPS) is 11.2. The molecule has 0 aliphatic heterocycles. The van der Waals surface area contributed by atoms with E-state index in [4.69, 9.17) is 4.74 Å². The molecule has 142 valence electrons. The summed E-state index contributed by atoms with van der Waals surface area (Å²) in [6.07, 6.45) is 2.13. The molecule has 4 aromatic rings. The van der Waals surface area contributed by atoms with Crippen LogP contribution in [0, 0.1) is 6.92 Å². The van der Waals surface area contributed by atoms with Crippen LogP contribution >= 0.6 is 0 Å². The molecule has 0 aliphatic rings. The first-order valence-corrected chi connectivity index (χ1v) is 9.32. The van der Waals surface area contributed by atoms with Gasteiger partial charge in [0, 0.05) is 36.4 Å². The zero-order valence-electron chi connectivity index (χ0n) is 16.2. The van der Waals surface area contributed by atoms with Crippen LogP contribution in [0.25, 0.3) is 21.8 Å². The second-order valence-corrected chi connectivity index (χ2v) is 6.90. The predicted molar refractivity (Wildman–Crippen MR) is 106 cm³/mol. The number of fused-ring (bicyclic) bond motifs is 3. The van der Waals surface area contributed by atoms with Crippen molar-refractivity contribution in [2.75, 3.05) is 7.11 Å². The Morgan fingerprint density at radius 3 is 2.50 bits per heavy atom. The average molecular weight is 374 g/mol. The minimum atomic E-state index is -1.16. The van der Waals surface area contributed by atoms with Gasteiger partial charge in [-0.05, 0) is 30.2 Å². The SMILES string of the molecule is CC[n+]1ccc2c3ccc(OC)cc3n(Cc3ccc(C(=O)[O-])cc3)c2c1C. The maximum atomic E-state index is 11.0. The molecular formula is C23H22N2O3. The standard InChI is InChI=1S/C23H22N2O3/c1-4-24-12-11-20-19-10-9-18(28-3)13-21(19)25(22(20)15(24)2)14-16-5-7-17(8-6-16)23(26)27/h5-13H,4,14H2,1-3H3.